The number of nitrogens with one attached hydrogen (secondary N) is 1. The molecule has 0 aliphatic carbocycles. The number of para-hydroxylation sites is 2. The molecule has 362 valence electrons. The zero-order chi connectivity index (χ0) is 50.2. The zero-order valence-electron chi connectivity index (χ0n) is 42.3. The van der Waals surface area contributed by atoms with Crippen molar-refractivity contribution in [1.29, 1.82) is 5.26 Å². The van der Waals surface area contributed by atoms with Gasteiger partial charge in [0.1, 0.15) is 33.3 Å². The van der Waals surface area contributed by atoms with Crippen LogP contribution in [0.5, 0.6) is 0 Å². The van der Waals surface area contributed by atoms with Gasteiger partial charge in [0.2, 0.25) is 5.13 Å². The predicted molar refractivity (Wildman–Crippen MR) is 274 cm³/mol. The molecule has 4 aromatic heterocycles. The molecule has 0 spiro atoms. The van der Waals surface area contributed by atoms with Crippen molar-refractivity contribution in [1.82, 2.24) is 24.7 Å². The van der Waals surface area contributed by atoms with Crippen LogP contribution in [0, 0.1) is 32.1 Å². The molecule has 0 aliphatic rings. The maximum Gasteiger partial charge on any atom is 1.00 e. The number of benzene rings is 4. The summed E-state index contributed by atoms with van der Waals surface area (Å²) in [5.41, 5.74) is 7.83. The van der Waals surface area contributed by atoms with Crippen molar-refractivity contribution in [2.45, 2.75) is 110 Å². The average molecular weight is 1030 g/mol. The summed E-state index contributed by atoms with van der Waals surface area (Å²) in [6.45, 7) is 19.2. The summed E-state index contributed by atoms with van der Waals surface area (Å²) >= 11 is 3.62. The Kier molecular flexibility index (Phi) is 18.1. The van der Waals surface area contributed by atoms with Crippen LogP contribution >= 0.6 is 34.7 Å². The Morgan fingerprint density at radius 2 is 1.46 bits per heavy atom. The van der Waals surface area contributed by atoms with E-state index in [0.717, 1.165) is 54.7 Å². The second-order valence-electron chi connectivity index (χ2n) is 17.5. The molecule has 8 rings (SSSR count). The SMILES string of the molecule is CCc1cc(C)c(SOO[O-])c(CC)c1Nc1nc(N(c2nc3ccccc3s2)c2c(CC)cc(C)c(S(=O)(=O)[O-])c2CC)cc(C)c1N=Nc1c(C#N)c(C(C)(C)C)nn1-c1nc2ccccc2s1.[Li+].[Li+]. The number of thiazole rings is 2. The predicted octanol–water partition coefficient (Wildman–Crippen LogP) is 6.60. The molecule has 16 nitrogen and oxygen atoms in total. The third-order valence-corrected chi connectivity index (χ3v) is 15.8. The Morgan fingerprint density at radius 1 is 0.833 bits per heavy atom. The van der Waals surface area contributed by atoms with Gasteiger partial charge in [0.25, 0.3) is 0 Å². The van der Waals surface area contributed by atoms with Crippen molar-refractivity contribution in [2.75, 3.05) is 10.2 Å². The molecule has 4 aromatic carbocycles. The summed E-state index contributed by atoms with van der Waals surface area (Å²) in [5.74, 6) is 0.764. The first-order valence-corrected chi connectivity index (χ1v) is 26.4. The van der Waals surface area contributed by atoms with Crippen LogP contribution in [0.3, 0.4) is 0 Å². The molecule has 0 saturated heterocycles. The van der Waals surface area contributed by atoms with Crippen molar-refractivity contribution < 1.29 is 65.3 Å². The van der Waals surface area contributed by atoms with Gasteiger partial charge in [0, 0.05) is 16.0 Å². The Bertz CT molecular complexity index is 3440. The quantitative estimate of drug-likeness (QED) is 0.0269. The molecule has 0 atom stereocenters. The largest absolute Gasteiger partial charge is 1.00 e. The summed E-state index contributed by atoms with van der Waals surface area (Å²) in [4.78, 5) is 17.6. The third-order valence-electron chi connectivity index (χ3n) is 11.9. The Labute approximate surface area is 455 Å². The Morgan fingerprint density at radius 3 is 2.03 bits per heavy atom. The number of aromatic nitrogens is 5. The molecule has 1 N–H and O–H groups in total. The number of pyridine rings is 1. The minimum Gasteiger partial charge on any atom is -0.744 e. The van der Waals surface area contributed by atoms with Gasteiger partial charge < -0.3 is 15.1 Å². The average Bonchev–Trinajstić information content (AvgIpc) is 4.06. The van der Waals surface area contributed by atoms with Crippen molar-refractivity contribution in [3.63, 3.8) is 0 Å². The number of fused-ring (bicyclic) bond motifs is 2. The second kappa shape index (κ2) is 23.1. The summed E-state index contributed by atoms with van der Waals surface area (Å²) in [5, 5.41) is 45.1. The van der Waals surface area contributed by atoms with Gasteiger partial charge in [0.15, 0.2) is 16.8 Å². The van der Waals surface area contributed by atoms with Gasteiger partial charge in [-0.05, 0) is 116 Å². The summed E-state index contributed by atoms with van der Waals surface area (Å²) < 4.78 is 47.8. The molecular formula is C50H50Li2N10O6S4. The normalized spacial score (nSPS) is 11.8. The van der Waals surface area contributed by atoms with Gasteiger partial charge in [-0.3, -0.25) is 9.94 Å². The van der Waals surface area contributed by atoms with E-state index in [9.17, 15) is 23.5 Å². The zero-order valence-corrected chi connectivity index (χ0v) is 45.6. The van der Waals surface area contributed by atoms with Crippen LogP contribution in [-0.4, -0.2) is 37.7 Å². The number of anilines is 5. The summed E-state index contributed by atoms with van der Waals surface area (Å²) in [6.07, 6.45) is 1.80. The minimum absolute atomic E-state index is 0. The van der Waals surface area contributed by atoms with Crippen LogP contribution in [0.1, 0.15) is 98.7 Å². The van der Waals surface area contributed by atoms with Crippen molar-refractivity contribution in [3.8, 4) is 11.2 Å². The molecule has 8 aromatic rings. The molecule has 0 aliphatic heterocycles. The first-order chi connectivity index (χ1) is 33.4. The molecule has 0 unspecified atom stereocenters. The first-order valence-electron chi connectivity index (χ1n) is 22.6. The van der Waals surface area contributed by atoms with E-state index >= 15 is 0 Å². The van der Waals surface area contributed by atoms with Gasteiger partial charge in [-0.2, -0.15) is 19.4 Å². The molecule has 0 saturated carbocycles. The van der Waals surface area contributed by atoms with Crippen LogP contribution in [0.15, 0.2) is 86.7 Å². The molecule has 0 amide bonds. The van der Waals surface area contributed by atoms with E-state index in [-0.39, 0.29) is 66.2 Å². The molecule has 4 heterocycles. The maximum absolute atomic E-state index is 13.2. The van der Waals surface area contributed by atoms with Gasteiger partial charge in [-0.1, -0.05) is 108 Å². The van der Waals surface area contributed by atoms with Crippen LogP contribution in [-0.2, 0) is 50.6 Å². The number of aryl methyl sites for hydroxylation is 5. The van der Waals surface area contributed by atoms with Crippen LogP contribution in [0.2, 0.25) is 0 Å². The molecule has 22 heteroatoms. The molecule has 0 radical (unpaired) electrons. The van der Waals surface area contributed by atoms with Crippen LogP contribution in [0.25, 0.3) is 25.6 Å². The number of nitriles is 1. The topological polar surface area (TPSA) is 219 Å². The van der Waals surface area contributed by atoms with Gasteiger partial charge in [0.05, 0.1) is 48.8 Å². The van der Waals surface area contributed by atoms with E-state index in [2.05, 4.69) is 16.4 Å². The fraction of sp³-hybridized carbons (Fsp3) is 0.300. The van der Waals surface area contributed by atoms with Crippen molar-refractivity contribution >= 4 is 105 Å². The van der Waals surface area contributed by atoms with E-state index in [4.69, 9.17) is 34.6 Å². The first kappa shape index (κ1) is 56.3. The van der Waals surface area contributed by atoms with Gasteiger partial charge in [-0.15, -0.1) is 10.2 Å². The number of hydrogen-bond donors (Lipinski definition) is 1. The Hall–Kier alpha value is -4.96. The minimum atomic E-state index is -4.95. The standard InChI is InChI=1S/C50H52N10O6S4.2Li/c1-11-30-23-28(6)43(69-66-65-61)32(13-3)41(30)55-46-40(56-57-47-34(26-51)45(50(8,9)10)58-60(47)49-53-36-20-16-18-22-38(36)68-49)27(5)25-39(54-46)59(48-52-35-19-15-17-21-37(35)67-48)42-31(12-2)24-29(7)44(33(42)14-4)70(62,63)64;;/h15-25,61H,11-14H2,1-10H3,(H,54,55)(H,62,63,64);;/q;2*+1/p-2. The maximum atomic E-state index is 13.2. The summed E-state index contributed by atoms with van der Waals surface area (Å²) in [7, 11) is -4.95. The molecule has 0 fully saturated rings. The molecular weight excluding hydrogens is 979 g/mol. The Balaban J connectivity index is 0.00000423. The van der Waals surface area contributed by atoms with E-state index in [1.165, 1.54) is 22.7 Å². The number of nitrogens with zero attached hydrogens (tertiary/aromatic N) is 9. The van der Waals surface area contributed by atoms with Crippen molar-refractivity contribution in [2.24, 2.45) is 10.2 Å². The van der Waals surface area contributed by atoms with E-state index in [1.807, 2.05) is 128 Å². The smallest absolute Gasteiger partial charge is 0.744 e. The van der Waals surface area contributed by atoms with Crippen LogP contribution < -0.4 is 53.2 Å². The number of azo groups is 1. The third kappa shape index (κ3) is 11.0. The monoisotopic (exact) mass is 1030 g/mol. The number of hydrogen-bond acceptors (Lipinski definition) is 18. The second-order valence-corrected chi connectivity index (χ2v) is 21.6. The molecule has 72 heavy (non-hydrogen) atoms. The fourth-order valence-corrected chi connectivity index (χ4v) is 12.2. The fourth-order valence-electron chi connectivity index (χ4n) is 8.71. The van der Waals surface area contributed by atoms with Gasteiger partial charge in [-0.25, -0.2) is 23.4 Å². The summed E-state index contributed by atoms with van der Waals surface area (Å²) in [6, 6.07) is 23.3. The van der Waals surface area contributed by atoms with Crippen LogP contribution in [0.4, 0.5) is 39.6 Å². The molecule has 0 bridgehead atoms. The van der Waals surface area contributed by atoms with Crippen molar-refractivity contribution in [3.05, 3.63) is 117 Å². The van der Waals surface area contributed by atoms with E-state index < -0.39 is 15.5 Å². The van der Waals surface area contributed by atoms with Gasteiger partial charge >= 0.3 is 37.7 Å². The van der Waals surface area contributed by atoms with E-state index in [0.29, 0.717) is 79.7 Å². The van der Waals surface area contributed by atoms with E-state index in [1.54, 1.807) is 17.7 Å². The number of rotatable bonds is 16.